The second-order valence-corrected chi connectivity index (χ2v) is 8.03. The van der Waals surface area contributed by atoms with Gasteiger partial charge in [0.2, 0.25) is 0 Å². The predicted molar refractivity (Wildman–Crippen MR) is 96.3 cm³/mol. The van der Waals surface area contributed by atoms with Crippen molar-refractivity contribution >= 4 is 21.5 Å². The molecule has 1 fully saturated rings. The predicted octanol–water partition coefficient (Wildman–Crippen LogP) is 3.26. The summed E-state index contributed by atoms with van der Waals surface area (Å²) >= 11 is 0. The highest BCUT2D eigenvalue weighted by Crippen LogP contribution is 2.27. The van der Waals surface area contributed by atoms with Crippen molar-refractivity contribution in [2.45, 2.75) is 57.4 Å². The van der Waals surface area contributed by atoms with Crippen LogP contribution in [-0.2, 0) is 10.0 Å². The van der Waals surface area contributed by atoms with E-state index < -0.39 is 10.0 Å². The first-order valence-corrected chi connectivity index (χ1v) is 10.1. The fraction of sp³-hybridized carbons (Fsp3) is 0.529. The van der Waals surface area contributed by atoms with Gasteiger partial charge in [0, 0.05) is 12.6 Å². The van der Waals surface area contributed by atoms with Crippen LogP contribution < -0.4 is 9.62 Å². The number of nitrogens with zero attached hydrogens (tertiary/aromatic N) is 3. The van der Waals surface area contributed by atoms with E-state index in [-0.39, 0.29) is 16.5 Å². The molecule has 1 atom stereocenters. The third-order valence-corrected chi connectivity index (χ3v) is 6.25. The molecule has 0 saturated carbocycles. The van der Waals surface area contributed by atoms with Crippen LogP contribution in [0, 0.1) is 13.8 Å². The molecule has 1 aliphatic heterocycles. The Labute approximate surface area is 148 Å². The number of nitrogens with one attached hydrogen (secondary N) is 1. The Hall–Kier alpha value is -2.09. The van der Waals surface area contributed by atoms with E-state index in [4.69, 9.17) is 4.52 Å². The summed E-state index contributed by atoms with van der Waals surface area (Å²) < 4.78 is 32.5. The lowest BCUT2D eigenvalue weighted by molar-refractivity contribution is 0.390. The van der Waals surface area contributed by atoms with Gasteiger partial charge in [-0.05, 0) is 51.7 Å². The number of pyridine rings is 1. The van der Waals surface area contributed by atoms with Crippen molar-refractivity contribution in [2.75, 3.05) is 16.2 Å². The number of piperidine rings is 1. The van der Waals surface area contributed by atoms with E-state index in [0.29, 0.717) is 11.7 Å². The van der Waals surface area contributed by atoms with Crippen LogP contribution in [-0.4, -0.2) is 31.1 Å². The Morgan fingerprint density at radius 1 is 1.32 bits per heavy atom. The zero-order valence-corrected chi connectivity index (χ0v) is 15.6. The van der Waals surface area contributed by atoms with Crippen LogP contribution in [0.2, 0.25) is 0 Å². The molecule has 2 aromatic rings. The van der Waals surface area contributed by atoms with E-state index in [9.17, 15) is 8.42 Å². The van der Waals surface area contributed by atoms with Crippen LogP contribution in [0.5, 0.6) is 0 Å². The number of hydrogen-bond donors (Lipinski definition) is 1. The molecule has 7 nitrogen and oxygen atoms in total. The summed E-state index contributed by atoms with van der Waals surface area (Å²) in [5.74, 6) is 0.550. The molecule has 0 aliphatic carbocycles. The zero-order chi connectivity index (χ0) is 18.0. The molecule has 2 aromatic heterocycles. The van der Waals surface area contributed by atoms with Gasteiger partial charge in [-0.25, -0.2) is 13.4 Å². The maximum atomic E-state index is 12.5. The monoisotopic (exact) mass is 364 g/mol. The standard InChI is InChI=1S/C17H24N4O3S/c1-4-14-7-5-6-10-21(14)15-8-9-16(18-11-15)20-25(22,23)17-12(2)19-24-13(17)3/h8-9,11,14H,4-7,10H2,1-3H3,(H,18,20). The SMILES string of the molecule is CCC1CCCCN1c1ccc(NS(=O)(=O)c2c(C)noc2C)nc1. The van der Waals surface area contributed by atoms with Crippen LogP contribution in [0.25, 0.3) is 0 Å². The highest BCUT2D eigenvalue weighted by Gasteiger charge is 2.25. The van der Waals surface area contributed by atoms with Crippen LogP contribution in [0.1, 0.15) is 44.1 Å². The summed E-state index contributed by atoms with van der Waals surface area (Å²) in [4.78, 5) is 6.73. The van der Waals surface area contributed by atoms with Gasteiger partial charge in [-0.3, -0.25) is 4.72 Å². The molecule has 0 aromatic carbocycles. The average Bonchev–Trinajstić information content (AvgIpc) is 2.94. The molecule has 1 saturated heterocycles. The van der Waals surface area contributed by atoms with Crippen LogP contribution in [0.15, 0.2) is 27.7 Å². The van der Waals surface area contributed by atoms with Gasteiger partial charge in [-0.15, -0.1) is 0 Å². The first-order chi connectivity index (χ1) is 11.9. The Morgan fingerprint density at radius 3 is 2.72 bits per heavy atom. The Kier molecular flexibility index (Phi) is 4.99. The molecule has 3 rings (SSSR count). The van der Waals surface area contributed by atoms with Gasteiger partial charge in [0.1, 0.15) is 11.5 Å². The first-order valence-electron chi connectivity index (χ1n) is 8.60. The lowest BCUT2D eigenvalue weighted by Crippen LogP contribution is -2.39. The molecule has 0 radical (unpaired) electrons. The molecule has 136 valence electrons. The van der Waals surface area contributed by atoms with Crippen molar-refractivity contribution in [1.82, 2.24) is 10.1 Å². The summed E-state index contributed by atoms with van der Waals surface area (Å²) in [6.07, 6.45) is 6.46. The second kappa shape index (κ2) is 7.03. The van der Waals surface area contributed by atoms with Crippen molar-refractivity contribution in [3.63, 3.8) is 0 Å². The highest BCUT2D eigenvalue weighted by molar-refractivity contribution is 7.92. The van der Waals surface area contributed by atoms with E-state index in [2.05, 4.69) is 26.7 Å². The van der Waals surface area contributed by atoms with E-state index in [0.717, 1.165) is 18.7 Å². The molecule has 1 aliphatic rings. The fourth-order valence-corrected chi connectivity index (χ4v) is 4.77. The fourth-order valence-electron chi connectivity index (χ4n) is 3.43. The molecule has 0 bridgehead atoms. The maximum Gasteiger partial charge on any atom is 0.268 e. The molecule has 25 heavy (non-hydrogen) atoms. The smallest absolute Gasteiger partial charge is 0.268 e. The van der Waals surface area contributed by atoms with E-state index in [1.54, 1.807) is 26.1 Å². The van der Waals surface area contributed by atoms with E-state index in [1.165, 1.54) is 19.3 Å². The van der Waals surface area contributed by atoms with Gasteiger partial charge in [-0.2, -0.15) is 0 Å². The number of aryl methyl sites for hydroxylation is 2. The molecule has 3 heterocycles. The molecule has 1 unspecified atom stereocenters. The van der Waals surface area contributed by atoms with Crippen molar-refractivity contribution in [3.8, 4) is 0 Å². The molecule has 1 N–H and O–H groups in total. The van der Waals surface area contributed by atoms with Gasteiger partial charge in [0.05, 0.1) is 11.9 Å². The Morgan fingerprint density at radius 2 is 2.12 bits per heavy atom. The number of anilines is 2. The van der Waals surface area contributed by atoms with Gasteiger partial charge in [0.15, 0.2) is 10.7 Å². The molecular formula is C17H24N4O3S. The number of aromatic nitrogens is 2. The molecule has 8 heteroatoms. The summed E-state index contributed by atoms with van der Waals surface area (Å²) in [5.41, 5.74) is 1.37. The third kappa shape index (κ3) is 3.63. The van der Waals surface area contributed by atoms with Gasteiger partial charge in [-0.1, -0.05) is 12.1 Å². The molecule has 0 spiro atoms. The quantitative estimate of drug-likeness (QED) is 0.876. The normalized spacial score (nSPS) is 18.4. The van der Waals surface area contributed by atoms with Crippen molar-refractivity contribution in [3.05, 3.63) is 29.8 Å². The Balaban J connectivity index is 1.79. The van der Waals surface area contributed by atoms with Crippen LogP contribution in [0.4, 0.5) is 11.5 Å². The maximum absolute atomic E-state index is 12.5. The first kappa shape index (κ1) is 17.7. The molecular weight excluding hydrogens is 340 g/mol. The average molecular weight is 364 g/mol. The van der Waals surface area contributed by atoms with Gasteiger partial charge >= 0.3 is 0 Å². The van der Waals surface area contributed by atoms with Crippen molar-refractivity contribution in [1.29, 1.82) is 0 Å². The molecule has 0 amide bonds. The number of rotatable bonds is 5. The van der Waals surface area contributed by atoms with Crippen molar-refractivity contribution < 1.29 is 12.9 Å². The minimum atomic E-state index is -3.77. The van der Waals surface area contributed by atoms with Gasteiger partial charge in [0.25, 0.3) is 10.0 Å². The summed E-state index contributed by atoms with van der Waals surface area (Å²) in [6, 6.07) is 4.15. The highest BCUT2D eigenvalue weighted by atomic mass is 32.2. The van der Waals surface area contributed by atoms with E-state index >= 15 is 0 Å². The summed E-state index contributed by atoms with van der Waals surface area (Å²) in [5, 5.41) is 3.70. The minimum Gasteiger partial charge on any atom is -0.367 e. The number of hydrogen-bond acceptors (Lipinski definition) is 6. The summed E-state index contributed by atoms with van der Waals surface area (Å²) in [6.45, 7) is 6.39. The van der Waals surface area contributed by atoms with Crippen LogP contribution in [0.3, 0.4) is 0 Å². The number of sulfonamides is 1. The topological polar surface area (TPSA) is 88.3 Å². The second-order valence-electron chi connectivity index (χ2n) is 6.41. The zero-order valence-electron chi connectivity index (χ0n) is 14.8. The van der Waals surface area contributed by atoms with Crippen molar-refractivity contribution in [2.24, 2.45) is 0 Å². The lowest BCUT2D eigenvalue weighted by atomic mass is 9.99. The minimum absolute atomic E-state index is 0.0699. The van der Waals surface area contributed by atoms with Gasteiger partial charge < -0.3 is 9.42 Å². The summed E-state index contributed by atoms with van der Waals surface area (Å²) in [7, 11) is -3.77. The lowest BCUT2D eigenvalue weighted by Gasteiger charge is -2.37. The van der Waals surface area contributed by atoms with Crippen LogP contribution >= 0.6 is 0 Å². The largest absolute Gasteiger partial charge is 0.367 e. The third-order valence-electron chi connectivity index (χ3n) is 4.65. The van der Waals surface area contributed by atoms with E-state index in [1.807, 2.05) is 6.07 Å². The Bertz CT molecular complexity index is 811.